The fourth-order valence-corrected chi connectivity index (χ4v) is 4.21. The molecule has 0 heterocycles. The molecule has 0 fully saturated rings. The number of hydrogen-bond donors (Lipinski definition) is 2. The number of nitrogens with one attached hydrogen (secondary N) is 2. The number of nitrogens with zero attached hydrogens (tertiary/aromatic N) is 1. The third kappa shape index (κ3) is 6.50. The Morgan fingerprint density at radius 2 is 1.66 bits per heavy atom. The number of carbonyl (C=O) groups excluding carboxylic acids is 1. The Balaban J connectivity index is 1.71. The van der Waals surface area contributed by atoms with Crippen LogP contribution in [0.4, 0.5) is 0 Å². The van der Waals surface area contributed by atoms with Crippen LogP contribution in [0.3, 0.4) is 0 Å². The first-order valence-corrected chi connectivity index (χ1v) is 11.5. The SMILES string of the molecule is COc1ccc(/C=N\NC(=O)C[C@@H](NS(=O)(=O)c2ccc(C)cc2)c2ccccc2)cc1. The third-order valence-electron chi connectivity index (χ3n) is 4.74. The summed E-state index contributed by atoms with van der Waals surface area (Å²) < 4.78 is 33.5. The van der Waals surface area contributed by atoms with Gasteiger partial charge in [0.1, 0.15) is 5.75 Å². The highest BCUT2D eigenvalue weighted by molar-refractivity contribution is 7.89. The third-order valence-corrected chi connectivity index (χ3v) is 6.23. The molecule has 0 radical (unpaired) electrons. The maximum absolute atomic E-state index is 12.9. The van der Waals surface area contributed by atoms with Crippen LogP contribution < -0.4 is 14.9 Å². The zero-order valence-corrected chi connectivity index (χ0v) is 18.7. The summed E-state index contributed by atoms with van der Waals surface area (Å²) in [5.74, 6) is 0.299. The summed E-state index contributed by atoms with van der Waals surface area (Å²) in [6.07, 6.45) is 1.39. The van der Waals surface area contributed by atoms with E-state index >= 15 is 0 Å². The molecule has 32 heavy (non-hydrogen) atoms. The van der Waals surface area contributed by atoms with Crippen LogP contribution in [0.2, 0.25) is 0 Å². The fraction of sp³-hybridized carbons (Fsp3) is 0.167. The average molecular weight is 452 g/mol. The fourth-order valence-electron chi connectivity index (χ4n) is 2.99. The van der Waals surface area contributed by atoms with Crippen molar-refractivity contribution in [1.29, 1.82) is 0 Å². The zero-order chi connectivity index (χ0) is 23.0. The molecule has 0 spiro atoms. The smallest absolute Gasteiger partial charge is 0.242 e. The van der Waals surface area contributed by atoms with E-state index in [0.29, 0.717) is 5.56 Å². The van der Waals surface area contributed by atoms with Crippen LogP contribution >= 0.6 is 0 Å². The number of rotatable bonds is 9. The molecule has 3 aromatic carbocycles. The number of benzene rings is 3. The van der Waals surface area contributed by atoms with E-state index in [1.165, 1.54) is 6.21 Å². The summed E-state index contributed by atoms with van der Waals surface area (Å²) in [6, 6.07) is 21.9. The highest BCUT2D eigenvalue weighted by Gasteiger charge is 2.23. The van der Waals surface area contributed by atoms with Gasteiger partial charge in [0.25, 0.3) is 0 Å². The number of methoxy groups -OCH3 is 1. The topological polar surface area (TPSA) is 96.9 Å². The van der Waals surface area contributed by atoms with Gasteiger partial charge in [0, 0.05) is 6.42 Å². The predicted octanol–water partition coefficient (Wildman–Crippen LogP) is 3.56. The summed E-state index contributed by atoms with van der Waals surface area (Å²) in [5, 5.41) is 3.97. The largest absolute Gasteiger partial charge is 0.497 e. The number of aryl methyl sites for hydroxylation is 1. The van der Waals surface area contributed by atoms with Crippen LogP contribution in [-0.2, 0) is 14.8 Å². The van der Waals surface area contributed by atoms with Gasteiger partial charge in [0.2, 0.25) is 15.9 Å². The number of hydrazone groups is 1. The maximum atomic E-state index is 12.9. The quantitative estimate of drug-likeness (QED) is 0.384. The van der Waals surface area contributed by atoms with Crippen LogP contribution in [0.1, 0.15) is 29.2 Å². The monoisotopic (exact) mass is 451 g/mol. The highest BCUT2D eigenvalue weighted by atomic mass is 32.2. The van der Waals surface area contributed by atoms with E-state index in [0.717, 1.165) is 16.9 Å². The molecular weight excluding hydrogens is 426 g/mol. The Bertz CT molecular complexity index is 1160. The molecule has 1 amide bonds. The molecule has 0 aromatic heterocycles. The van der Waals surface area contributed by atoms with Gasteiger partial charge in [-0.05, 0) is 54.4 Å². The van der Waals surface area contributed by atoms with Crippen molar-refractivity contribution in [3.8, 4) is 5.75 Å². The molecule has 0 aliphatic heterocycles. The Morgan fingerprint density at radius 1 is 1.00 bits per heavy atom. The molecule has 0 aliphatic rings. The van der Waals surface area contributed by atoms with Crippen molar-refractivity contribution in [2.75, 3.05) is 7.11 Å². The molecule has 0 saturated carbocycles. The standard InChI is InChI=1S/C24H25N3O4S/c1-18-8-14-22(15-9-18)32(29,30)27-23(20-6-4-3-5-7-20)16-24(28)26-25-17-19-10-12-21(31-2)13-11-19/h3-15,17,23,27H,16H2,1-2H3,(H,26,28)/b25-17-/t23-/m1/s1. The van der Waals surface area contributed by atoms with Crippen molar-refractivity contribution >= 4 is 22.1 Å². The summed E-state index contributed by atoms with van der Waals surface area (Å²) in [6.45, 7) is 1.88. The first-order chi connectivity index (χ1) is 15.4. The average Bonchev–Trinajstić information content (AvgIpc) is 2.80. The predicted molar refractivity (Wildman–Crippen MR) is 124 cm³/mol. The number of carbonyl (C=O) groups is 1. The number of sulfonamides is 1. The van der Waals surface area contributed by atoms with Crippen LogP contribution in [0.15, 0.2) is 88.9 Å². The minimum absolute atomic E-state index is 0.116. The summed E-state index contributed by atoms with van der Waals surface area (Å²) in [4.78, 5) is 12.6. The second kappa shape index (κ2) is 10.7. The minimum Gasteiger partial charge on any atom is -0.497 e. The van der Waals surface area contributed by atoms with Gasteiger partial charge in [0.15, 0.2) is 0 Å². The molecular formula is C24H25N3O4S. The molecule has 0 aliphatic carbocycles. The van der Waals surface area contributed by atoms with E-state index in [9.17, 15) is 13.2 Å². The van der Waals surface area contributed by atoms with Gasteiger partial charge in [-0.2, -0.15) is 5.10 Å². The van der Waals surface area contributed by atoms with Crippen LogP contribution in [-0.4, -0.2) is 27.6 Å². The minimum atomic E-state index is -3.82. The van der Waals surface area contributed by atoms with E-state index < -0.39 is 22.0 Å². The first kappa shape index (κ1) is 23.2. The Kier molecular flexibility index (Phi) is 7.75. The van der Waals surface area contributed by atoms with Crippen molar-refractivity contribution < 1.29 is 17.9 Å². The summed E-state index contributed by atoms with van der Waals surface area (Å²) in [5.41, 5.74) is 4.87. The van der Waals surface area contributed by atoms with Crippen LogP contribution in [0, 0.1) is 6.92 Å². The van der Waals surface area contributed by atoms with E-state index in [2.05, 4.69) is 15.2 Å². The van der Waals surface area contributed by atoms with Crippen LogP contribution in [0.25, 0.3) is 0 Å². The van der Waals surface area contributed by atoms with Gasteiger partial charge in [0.05, 0.1) is 24.3 Å². The van der Waals surface area contributed by atoms with Crippen molar-refractivity contribution in [3.05, 3.63) is 95.6 Å². The van der Waals surface area contributed by atoms with Gasteiger partial charge < -0.3 is 4.74 Å². The number of hydrogen-bond acceptors (Lipinski definition) is 5. The van der Waals surface area contributed by atoms with E-state index in [1.807, 2.05) is 13.0 Å². The number of amides is 1. The molecule has 3 aromatic rings. The van der Waals surface area contributed by atoms with Gasteiger partial charge in [-0.25, -0.2) is 18.6 Å². The molecule has 0 bridgehead atoms. The molecule has 166 valence electrons. The Morgan fingerprint density at radius 3 is 2.28 bits per heavy atom. The van der Waals surface area contributed by atoms with Crippen LogP contribution in [0.5, 0.6) is 5.75 Å². The van der Waals surface area contributed by atoms with Gasteiger partial charge in [-0.3, -0.25) is 4.79 Å². The lowest BCUT2D eigenvalue weighted by Crippen LogP contribution is -2.32. The van der Waals surface area contributed by atoms with Gasteiger partial charge >= 0.3 is 0 Å². The molecule has 8 heteroatoms. The van der Waals surface area contributed by atoms with Crippen molar-refractivity contribution in [2.24, 2.45) is 5.10 Å². The highest BCUT2D eigenvalue weighted by Crippen LogP contribution is 2.21. The van der Waals surface area contributed by atoms with Crippen molar-refractivity contribution in [2.45, 2.75) is 24.3 Å². The van der Waals surface area contributed by atoms with E-state index in [4.69, 9.17) is 4.74 Å². The number of ether oxygens (including phenoxy) is 1. The Labute approximate surface area is 188 Å². The molecule has 0 saturated heterocycles. The van der Waals surface area contributed by atoms with E-state index in [-0.39, 0.29) is 11.3 Å². The lowest BCUT2D eigenvalue weighted by Gasteiger charge is -2.18. The molecule has 3 rings (SSSR count). The maximum Gasteiger partial charge on any atom is 0.242 e. The summed E-state index contributed by atoms with van der Waals surface area (Å²) >= 11 is 0. The molecule has 0 unspecified atom stereocenters. The normalized spacial score (nSPS) is 12.4. The molecule has 7 nitrogen and oxygen atoms in total. The van der Waals surface area contributed by atoms with Gasteiger partial charge in [-0.15, -0.1) is 0 Å². The van der Waals surface area contributed by atoms with Gasteiger partial charge in [-0.1, -0.05) is 48.0 Å². The lowest BCUT2D eigenvalue weighted by atomic mass is 10.0. The van der Waals surface area contributed by atoms with Crippen molar-refractivity contribution in [1.82, 2.24) is 10.1 Å². The Hall–Kier alpha value is -3.49. The molecule has 1 atom stereocenters. The molecule has 2 N–H and O–H groups in total. The summed E-state index contributed by atoms with van der Waals surface area (Å²) in [7, 11) is -2.24. The second-order valence-corrected chi connectivity index (χ2v) is 8.88. The first-order valence-electron chi connectivity index (χ1n) is 9.97. The second-order valence-electron chi connectivity index (χ2n) is 7.17. The lowest BCUT2D eigenvalue weighted by molar-refractivity contribution is -0.121. The van der Waals surface area contributed by atoms with Crippen molar-refractivity contribution in [3.63, 3.8) is 0 Å². The van der Waals surface area contributed by atoms with E-state index in [1.54, 1.807) is 79.9 Å². The zero-order valence-electron chi connectivity index (χ0n) is 17.9.